The summed E-state index contributed by atoms with van der Waals surface area (Å²) in [6, 6.07) is 8.21. The van der Waals surface area contributed by atoms with E-state index in [2.05, 4.69) is 22.4 Å². The molecule has 1 unspecified atom stereocenters. The summed E-state index contributed by atoms with van der Waals surface area (Å²) in [4.78, 5) is 0. The number of hydrogen-bond donors (Lipinski definition) is 1. The van der Waals surface area contributed by atoms with Gasteiger partial charge in [-0.15, -0.1) is 5.10 Å². The van der Waals surface area contributed by atoms with Crippen LogP contribution in [0.2, 0.25) is 0 Å². The van der Waals surface area contributed by atoms with Gasteiger partial charge in [0.25, 0.3) is 0 Å². The van der Waals surface area contributed by atoms with E-state index in [1.807, 2.05) is 12.1 Å². The highest BCUT2D eigenvalue weighted by molar-refractivity contribution is 5.31. The van der Waals surface area contributed by atoms with E-state index in [0.717, 1.165) is 11.5 Å². The van der Waals surface area contributed by atoms with Gasteiger partial charge in [-0.25, -0.2) is 4.68 Å². The zero-order chi connectivity index (χ0) is 11.8. The summed E-state index contributed by atoms with van der Waals surface area (Å²) < 4.78 is 1.60. The molecule has 4 nitrogen and oxygen atoms in total. The van der Waals surface area contributed by atoms with Crippen molar-refractivity contribution in [3.05, 3.63) is 47.3 Å². The quantitative estimate of drug-likeness (QED) is 0.872. The van der Waals surface area contributed by atoms with Crippen molar-refractivity contribution in [2.75, 3.05) is 0 Å². The standard InChI is InChI=1S/C13H15N3O/c1-16-12(8-14-15-16)13(17)11-6-4-10(5-7-11)9-2-3-9/h4-9,13,17H,2-3H2,1H3. The lowest BCUT2D eigenvalue weighted by molar-refractivity contribution is 0.209. The fourth-order valence-electron chi connectivity index (χ4n) is 2.08. The minimum Gasteiger partial charge on any atom is -0.382 e. The highest BCUT2D eigenvalue weighted by atomic mass is 16.3. The maximum atomic E-state index is 10.2. The average molecular weight is 229 g/mol. The van der Waals surface area contributed by atoms with Gasteiger partial charge in [0.1, 0.15) is 6.10 Å². The first-order chi connectivity index (χ1) is 8.25. The number of aliphatic hydroxyl groups is 1. The first kappa shape index (κ1) is 10.5. The van der Waals surface area contributed by atoms with E-state index < -0.39 is 6.10 Å². The Hall–Kier alpha value is -1.68. The van der Waals surface area contributed by atoms with Crippen LogP contribution in [-0.4, -0.2) is 20.1 Å². The van der Waals surface area contributed by atoms with Crippen molar-refractivity contribution in [2.24, 2.45) is 7.05 Å². The number of aryl methyl sites for hydroxylation is 1. The number of rotatable bonds is 3. The van der Waals surface area contributed by atoms with Gasteiger partial charge >= 0.3 is 0 Å². The summed E-state index contributed by atoms with van der Waals surface area (Å²) in [5, 5.41) is 17.8. The van der Waals surface area contributed by atoms with Gasteiger partial charge in [-0.05, 0) is 29.9 Å². The number of benzene rings is 1. The van der Waals surface area contributed by atoms with Gasteiger partial charge in [0.15, 0.2) is 0 Å². The second kappa shape index (κ2) is 3.96. The van der Waals surface area contributed by atoms with Crippen molar-refractivity contribution in [1.29, 1.82) is 0 Å². The number of nitrogens with zero attached hydrogens (tertiary/aromatic N) is 3. The summed E-state index contributed by atoms with van der Waals surface area (Å²) in [6.07, 6.45) is 3.55. The van der Waals surface area contributed by atoms with E-state index in [4.69, 9.17) is 0 Å². The fraction of sp³-hybridized carbons (Fsp3) is 0.385. The molecule has 2 aromatic rings. The molecular formula is C13H15N3O. The Morgan fingerprint density at radius 1 is 1.29 bits per heavy atom. The molecule has 1 aromatic heterocycles. The summed E-state index contributed by atoms with van der Waals surface area (Å²) in [6.45, 7) is 0. The maximum absolute atomic E-state index is 10.2. The van der Waals surface area contributed by atoms with Gasteiger partial charge in [-0.2, -0.15) is 0 Å². The number of aliphatic hydroxyl groups excluding tert-OH is 1. The molecular weight excluding hydrogens is 214 g/mol. The third-order valence-electron chi connectivity index (χ3n) is 3.33. The van der Waals surface area contributed by atoms with Crippen LogP contribution in [0.15, 0.2) is 30.5 Å². The zero-order valence-electron chi connectivity index (χ0n) is 9.74. The van der Waals surface area contributed by atoms with Crippen LogP contribution in [0, 0.1) is 0 Å². The van der Waals surface area contributed by atoms with Crippen LogP contribution < -0.4 is 0 Å². The molecule has 1 saturated carbocycles. The van der Waals surface area contributed by atoms with Crippen molar-refractivity contribution in [3.8, 4) is 0 Å². The summed E-state index contributed by atoms with van der Waals surface area (Å²) in [7, 11) is 1.78. The predicted octanol–water partition coefficient (Wildman–Crippen LogP) is 1.77. The Morgan fingerprint density at radius 2 is 2.00 bits per heavy atom. The van der Waals surface area contributed by atoms with Crippen LogP contribution in [0.4, 0.5) is 0 Å². The van der Waals surface area contributed by atoms with E-state index in [-0.39, 0.29) is 0 Å². The normalized spacial score (nSPS) is 17.1. The van der Waals surface area contributed by atoms with Gasteiger partial charge in [-0.1, -0.05) is 29.5 Å². The maximum Gasteiger partial charge on any atom is 0.122 e. The van der Waals surface area contributed by atoms with Crippen molar-refractivity contribution in [3.63, 3.8) is 0 Å². The summed E-state index contributed by atoms with van der Waals surface area (Å²) >= 11 is 0. The molecule has 0 radical (unpaired) electrons. The Kier molecular flexibility index (Phi) is 2.44. The van der Waals surface area contributed by atoms with Crippen LogP contribution in [0.1, 0.15) is 41.7 Å². The molecule has 1 aliphatic rings. The smallest absolute Gasteiger partial charge is 0.122 e. The minimum absolute atomic E-state index is 0.650. The topological polar surface area (TPSA) is 50.9 Å². The molecule has 1 aliphatic carbocycles. The van der Waals surface area contributed by atoms with Crippen molar-refractivity contribution >= 4 is 0 Å². The molecule has 0 amide bonds. The van der Waals surface area contributed by atoms with Gasteiger partial charge in [0, 0.05) is 7.05 Å². The highest BCUT2D eigenvalue weighted by Crippen LogP contribution is 2.40. The molecule has 0 bridgehead atoms. The second-order valence-electron chi connectivity index (χ2n) is 4.63. The molecule has 0 aliphatic heterocycles. The summed E-state index contributed by atoms with van der Waals surface area (Å²) in [5.41, 5.74) is 2.98. The lowest BCUT2D eigenvalue weighted by atomic mass is 10.0. The molecule has 1 atom stereocenters. The Balaban J connectivity index is 1.86. The van der Waals surface area contributed by atoms with Gasteiger partial charge < -0.3 is 5.11 Å². The third-order valence-corrected chi connectivity index (χ3v) is 3.33. The molecule has 4 heteroatoms. The van der Waals surface area contributed by atoms with Crippen molar-refractivity contribution in [2.45, 2.75) is 24.9 Å². The predicted molar refractivity (Wildman–Crippen MR) is 63.5 cm³/mol. The summed E-state index contributed by atoms with van der Waals surface area (Å²) in [5.74, 6) is 0.750. The van der Waals surface area contributed by atoms with Crippen LogP contribution >= 0.6 is 0 Å². The monoisotopic (exact) mass is 229 g/mol. The number of hydrogen-bond acceptors (Lipinski definition) is 3. The molecule has 1 aromatic carbocycles. The molecule has 0 spiro atoms. The Labute approximate surface area is 99.9 Å². The minimum atomic E-state index is -0.650. The first-order valence-electron chi connectivity index (χ1n) is 5.88. The first-order valence-corrected chi connectivity index (χ1v) is 5.88. The zero-order valence-corrected chi connectivity index (χ0v) is 9.74. The lowest BCUT2D eigenvalue weighted by Gasteiger charge is -2.11. The fourth-order valence-corrected chi connectivity index (χ4v) is 2.08. The van der Waals surface area contributed by atoms with Gasteiger partial charge in [-0.3, -0.25) is 0 Å². The van der Waals surface area contributed by atoms with E-state index in [1.165, 1.54) is 18.4 Å². The molecule has 3 rings (SSSR count). The van der Waals surface area contributed by atoms with Crippen LogP contribution in [0.3, 0.4) is 0 Å². The van der Waals surface area contributed by atoms with E-state index in [0.29, 0.717) is 5.69 Å². The second-order valence-corrected chi connectivity index (χ2v) is 4.63. The highest BCUT2D eigenvalue weighted by Gasteiger charge is 2.23. The molecule has 1 fully saturated rings. The molecule has 1 N–H and O–H groups in total. The van der Waals surface area contributed by atoms with Crippen molar-refractivity contribution < 1.29 is 5.11 Å². The third kappa shape index (κ3) is 1.96. The average Bonchev–Trinajstić information content (AvgIpc) is 3.12. The SMILES string of the molecule is Cn1nncc1C(O)c1ccc(C2CC2)cc1. The largest absolute Gasteiger partial charge is 0.382 e. The van der Waals surface area contributed by atoms with E-state index >= 15 is 0 Å². The van der Waals surface area contributed by atoms with Crippen molar-refractivity contribution in [1.82, 2.24) is 15.0 Å². The molecule has 17 heavy (non-hydrogen) atoms. The van der Waals surface area contributed by atoms with E-state index in [1.54, 1.807) is 17.9 Å². The van der Waals surface area contributed by atoms with Crippen LogP contribution in [0.25, 0.3) is 0 Å². The Bertz CT molecular complexity index is 514. The van der Waals surface area contributed by atoms with Crippen LogP contribution in [0.5, 0.6) is 0 Å². The number of aromatic nitrogens is 3. The molecule has 88 valence electrons. The van der Waals surface area contributed by atoms with Crippen LogP contribution in [-0.2, 0) is 7.05 Å². The lowest BCUT2D eigenvalue weighted by Crippen LogP contribution is -2.06. The van der Waals surface area contributed by atoms with Gasteiger partial charge in [0.05, 0.1) is 11.9 Å². The molecule has 1 heterocycles. The van der Waals surface area contributed by atoms with Gasteiger partial charge in [0.2, 0.25) is 0 Å². The molecule has 0 saturated heterocycles. The Morgan fingerprint density at radius 3 is 2.53 bits per heavy atom. The van der Waals surface area contributed by atoms with E-state index in [9.17, 15) is 5.11 Å².